The topological polar surface area (TPSA) is 29.9 Å². The van der Waals surface area contributed by atoms with Gasteiger partial charge in [-0.25, -0.2) is 4.98 Å². The second-order valence-electron chi connectivity index (χ2n) is 7.28. The number of nitrogens with zero attached hydrogens (tertiary/aromatic N) is 2. The fraction of sp³-hybridized carbons (Fsp3) is 0.318. The van der Waals surface area contributed by atoms with Crippen LogP contribution in [0, 0.1) is 0 Å². The van der Waals surface area contributed by atoms with E-state index in [1.807, 2.05) is 6.20 Å². The molecule has 3 heterocycles. The van der Waals surface area contributed by atoms with Crippen molar-refractivity contribution in [2.24, 2.45) is 0 Å². The van der Waals surface area contributed by atoms with E-state index in [0.29, 0.717) is 6.04 Å². The van der Waals surface area contributed by atoms with Crippen LogP contribution in [-0.4, -0.2) is 22.6 Å². The van der Waals surface area contributed by atoms with Gasteiger partial charge >= 0.3 is 0 Å². The lowest BCUT2D eigenvalue weighted by Gasteiger charge is -2.44. The standard InChI is InChI=1S/C22H23N3/c1-2-6-17(7-3-1)16-20-18-8-4-5-9-19(18)22(10-12-23-13-11-22)21-24-14-15-25(20)21/h1-9,14-15,20,23H,10-13,16H2/t20-/m1/s1. The zero-order valence-corrected chi connectivity index (χ0v) is 14.4. The molecule has 126 valence electrons. The highest BCUT2D eigenvalue weighted by Crippen LogP contribution is 2.48. The molecule has 0 amide bonds. The molecule has 25 heavy (non-hydrogen) atoms. The number of nitrogens with one attached hydrogen (secondary N) is 1. The van der Waals surface area contributed by atoms with Crippen LogP contribution in [0.25, 0.3) is 0 Å². The Hall–Kier alpha value is -2.39. The van der Waals surface area contributed by atoms with Crippen molar-refractivity contribution in [2.75, 3.05) is 13.1 Å². The van der Waals surface area contributed by atoms with Crippen LogP contribution < -0.4 is 5.32 Å². The predicted octanol–water partition coefficient (Wildman–Crippen LogP) is 3.70. The maximum absolute atomic E-state index is 4.86. The van der Waals surface area contributed by atoms with E-state index in [0.717, 1.165) is 32.4 Å². The first-order valence-corrected chi connectivity index (χ1v) is 9.26. The average molecular weight is 329 g/mol. The van der Waals surface area contributed by atoms with Crippen LogP contribution in [0.5, 0.6) is 0 Å². The molecule has 5 rings (SSSR count). The quantitative estimate of drug-likeness (QED) is 0.777. The molecule has 2 aliphatic rings. The first-order valence-electron chi connectivity index (χ1n) is 9.26. The van der Waals surface area contributed by atoms with Crippen LogP contribution in [0.2, 0.25) is 0 Å². The van der Waals surface area contributed by atoms with Gasteiger partial charge in [0, 0.05) is 12.4 Å². The van der Waals surface area contributed by atoms with Gasteiger partial charge < -0.3 is 9.88 Å². The Balaban J connectivity index is 1.67. The minimum absolute atomic E-state index is 0.0680. The third-order valence-corrected chi connectivity index (χ3v) is 6.00. The minimum Gasteiger partial charge on any atom is -0.326 e. The summed E-state index contributed by atoms with van der Waals surface area (Å²) >= 11 is 0. The van der Waals surface area contributed by atoms with E-state index in [1.54, 1.807) is 0 Å². The van der Waals surface area contributed by atoms with Crippen molar-refractivity contribution >= 4 is 0 Å². The van der Waals surface area contributed by atoms with Crippen molar-refractivity contribution in [1.29, 1.82) is 0 Å². The Bertz CT molecular complexity index is 875. The van der Waals surface area contributed by atoms with Crippen molar-refractivity contribution in [1.82, 2.24) is 14.9 Å². The van der Waals surface area contributed by atoms with E-state index in [1.165, 1.54) is 22.5 Å². The average Bonchev–Trinajstić information content (AvgIpc) is 3.18. The monoisotopic (exact) mass is 329 g/mol. The zero-order chi connectivity index (χ0) is 16.7. The SMILES string of the molecule is c1ccc(C[C@@H]2c3ccccc3C3(CCNCC3)c3nccn32)cc1. The summed E-state index contributed by atoms with van der Waals surface area (Å²) in [6.45, 7) is 2.12. The van der Waals surface area contributed by atoms with E-state index in [-0.39, 0.29) is 5.41 Å². The van der Waals surface area contributed by atoms with E-state index in [9.17, 15) is 0 Å². The van der Waals surface area contributed by atoms with Gasteiger partial charge in [-0.2, -0.15) is 0 Å². The van der Waals surface area contributed by atoms with Gasteiger partial charge in [0.2, 0.25) is 0 Å². The molecule has 1 atom stereocenters. The first kappa shape index (κ1) is 14.9. The van der Waals surface area contributed by atoms with E-state index in [4.69, 9.17) is 4.98 Å². The molecule has 1 aromatic heterocycles. The number of aromatic nitrogens is 2. The zero-order valence-electron chi connectivity index (χ0n) is 14.4. The summed E-state index contributed by atoms with van der Waals surface area (Å²) in [4.78, 5) is 4.86. The molecule has 1 spiro atoms. The first-order chi connectivity index (χ1) is 12.4. The molecule has 2 aliphatic heterocycles. The smallest absolute Gasteiger partial charge is 0.120 e. The van der Waals surface area contributed by atoms with Gasteiger partial charge in [-0.1, -0.05) is 54.6 Å². The molecule has 3 aromatic rings. The van der Waals surface area contributed by atoms with Crippen molar-refractivity contribution < 1.29 is 0 Å². The van der Waals surface area contributed by atoms with Gasteiger partial charge in [0.1, 0.15) is 5.82 Å². The van der Waals surface area contributed by atoms with Crippen molar-refractivity contribution in [2.45, 2.75) is 30.7 Å². The normalized spacial score (nSPS) is 20.9. The summed E-state index contributed by atoms with van der Waals surface area (Å²) in [7, 11) is 0. The fourth-order valence-electron chi connectivity index (χ4n) is 4.82. The Morgan fingerprint density at radius 2 is 1.76 bits per heavy atom. The minimum atomic E-state index is 0.0680. The molecular weight excluding hydrogens is 306 g/mol. The number of imidazole rings is 1. The number of fused-ring (bicyclic) bond motifs is 4. The fourth-order valence-corrected chi connectivity index (χ4v) is 4.82. The molecule has 1 N–H and O–H groups in total. The van der Waals surface area contributed by atoms with Gasteiger partial charge in [0.15, 0.2) is 0 Å². The molecule has 3 heteroatoms. The highest BCUT2D eigenvalue weighted by Gasteiger charge is 2.45. The largest absolute Gasteiger partial charge is 0.326 e. The van der Waals surface area contributed by atoms with Gasteiger partial charge in [-0.05, 0) is 49.0 Å². The molecule has 1 fully saturated rings. The van der Waals surface area contributed by atoms with Gasteiger partial charge in [-0.15, -0.1) is 0 Å². The number of hydrogen-bond acceptors (Lipinski definition) is 2. The Labute approximate surface area is 148 Å². The van der Waals surface area contributed by atoms with Crippen molar-refractivity contribution in [3.63, 3.8) is 0 Å². The lowest BCUT2D eigenvalue weighted by molar-refractivity contribution is 0.308. The molecule has 2 aromatic carbocycles. The Kier molecular flexibility index (Phi) is 3.49. The lowest BCUT2D eigenvalue weighted by atomic mass is 9.67. The second-order valence-corrected chi connectivity index (χ2v) is 7.28. The Morgan fingerprint density at radius 1 is 1.00 bits per heavy atom. The molecule has 0 saturated carbocycles. The van der Waals surface area contributed by atoms with Gasteiger partial charge in [0.05, 0.1) is 11.5 Å². The summed E-state index contributed by atoms with van der Waals surface area (Å²) in [6, 6.07) is 20.2. The van der Waals surface area contributed by atoms with Crippen LogP contribution in [0.4, 0.5) is 0 Å². The van der Waals surface area contributed by atoms with E-state index in [2.05, 4.69) is 70.7 Å². The number of benzene rings is 2. The van der Waals surface area contributed by atoms with Crippen LogP contribution >= 0.6 is 0 Å². The summed E-state index contributed by atoms with van der Waals surface area (Å²) in [5, 5.41) is 3.52. The molecular formula is C22H23N3. The molecule has 0 bridgehead atoms. The second kappa shape index (κ2) is 5.85. The van der Waals surface area contributed by atoms with E-state index < -0.39 is 0 Å². The maximum Gasteiger partial charge on any atom is 0.120 e. The summed E-state index contributed by atoms with van der Waals surface area (Å²) in [5.74, 6) is 1.26. The summed E-state index contributed by atoms with van der Waals surface area (Å²) < 4.78 is 2.45. The summed E-state index contributed by atoms with van der Waals surface area (Å²) in [5.41, 5.74) is 4.41. The predicted molar refractivity (Wildman–Crippen MR) is 99.8 cm³/mol. The molecule has 0 aliphatic carbocycles. The molecule has 0 radical (unpaired) electrons. The molecule has 3 nitrogen and oxygen atoms in total. The molecule has 0 unspecified atom stereocenters. The van der Waals surface area contributed by atoms with Crippen LogP contribution in [0.3, 0.4) is 0 Å². The number of piperidine rings is 1. The van der Waals surface area contributed by atoms with Crippen molar-refractivity contribution in [3.05, 3.63) is 89.5 Å². The number of rotatable bonds is 2. The van der Waals surface area contributed by atoms with Gasteiger partial charge in [0.25, 0.3) is 0 Å². The van der Waals surface area contributed by atoms with Crippen molar-refractivity contribution in [3.8, 4) is 0 Å². The van der Waals surface area contributed by atoms with Crippen LogP contribution in [0.15, 0.2) is 67.0 Å². The summed E-state index contributed by atoms with van der Waals surface area (Å²) in [6.07, 6.45) is 7.43. The maximum atomic E-state index is 4.86. The third kappa shape index (κ3) is 2.26. The van der Waals surface area contributed by atoms with Crippen LogP contribution in [-0.2, 0) is 11.8 Å². The Morgan fingerprint density at radius 3 is 2.60 bits per heavy atom. The van der Waals surface area contributed by atoms with Crippen LogP contribution in [0.1, 0.15) is 41.4 Å². The number of hydrogen-bond donors (Lipinski definition) is 1. The van der Waals surface area contributed by atoms with Gasteiger partial charge in [-0.3, -0.25) is 0 Å². The highest BCUT2D eigenvalue weighted by atomic mass is 15.1. The molecule has 1 saturated heterocycles. The third-order valence-electron chi connectivity index (χ3n) is 6.00. The van der Waals surface area contributed by atoms with E-state index >= 15 is 0 Å². The lowest BCUT2D eigenvalue weighted by Crippen LogP contribution is -2.46. The highest BCUT2D eigenvalue weighted by molar-refractivity contribution is 5.47.